The van der Waals surface area contributed by atoms with Gasteiger partial charge in [0.25, 0.3) is 0 Å². The van der Waals surface area contributed by atoms with E-state index in [-0.39, 0.29) is 17.1 Å². The molecular weight excluding hydrogens is 284 g/mol. The Labute approximate surface area is 122 Å². The van der Waals surface area contributed by atoms with Crippen LogP contribution >= 0.6 is 11.6 Å². The third kappa shape index (κ3) is 5.14. The van der Waals surface area contributed by atoms with E-state index in [1.807, 2.05) is 0 Å². The van der Waals surface area contributed by atoms with Crippen LogP contribution in [0.25, 0.3) is 0 Å². The van der Waals surface area contributed by atoms with Crippen molar-refractivity contribution in [3.05, 3.63) is 5.28 Å². The summed E-state index contributed by atoms with van der Waals surface area (Å²) >= 11 is 5.81. The average molecular weight is 303 g/mol. The van der Waals surface area contributed by atoms with Crippen LogP contribution in [0.15, 0.2) is 0 Å². The Kier molecular flexibility index (Phi) is 6.40. The number of carbonyl (C=O) groups excluding carboxylic acids is 1. The Morgan fingerprint density at radius 3 is 2.70 bits per heavy atom. The fourth-order valence-corrected chi connectivity index (χ4v) is 1.45. The number of hydrogen-bond acceptors (Lipinski definition) is 7. The van der Waals surface area contributed by atoms with Gasteiger partial charge in [0, 0.05) is 27.7 Å². The van der Waals surface area contributed by atoms with Gasteiger partial charge >= 0.3 is 0 Å². The monoisotopic (exact) mass is 302 g/mol. The van der Waals surface area contributed by atoms with Crippen LogP contribution in [0.3, 0.4) is 0 Å². The lowest BCUT2D eigenvalue weighted by Crippen LogP contribution is -2.39. The molecule has 2 N–H and O–H groups in total. The predicted molar refractivity (Wildman–Crippen MR) is 77.1 cm³/mol. The largest absolute Gasteiger partial charge is 0.383 e. The first-order valence-electron chi connectivity index (χ1n) is 6.06. The number of carbonyl (C=O) groups is 1. The number of methoxy groups -OCH3 is 1. The second-order valence-corrected chi connectivity index (χ2v) is 4.61. The summed E-state index contributed by atoms with van der Waals surface area (Å²) in [6.45, 7) is 2.61. The summed E-state index contributed by atoms with van der Waals surface area (Å²) in [5, 5.41) is 5.66. The van der Waals surface area contributed by atoms with E-state index in [1.165, 1.54) is 0 Å². The van der Waals surface area contributed by atoms with Crippen molar-refractivity contribution < 1.29 is 9.53 Å². The van der Waals surface area contributed by atoms with Gasteiger partial charge < -0.3 is 20.3 Å². The van der Waals surface area contributed by atoms with Crippen LogP contribution in [-0.2, 0) is 9.53 Å². The molecule has 0 radical (unpaired) electrons. The summed E-state index contributed by atoms with van der Waals surface area (Å²) in [6.07, 6.45) is 0. The van der Waals surface area contributed by atoms with Crippen LogP contribution in [0.1, 0.15) is 6.92 Å². The first-order chi connectivity index (χ1) is 9.43. The van der Waals surface area contributed by atoms with Crippen molar-refractivity contribution in [2.75, 3.05) is 44.6 Å². The van der Waals surface area contributed by atoms with E-state index in [2.05, 4.69) is 25.6 Å². The molecule has 1 aromatic heterocycles. The number of amides is 1. The van der Waals surface area contributed by atoms with E-state index in [4.69, 9.17) is 16.3 Å². The van der Waals surface area contributed by atoms with Gasteiger partial charge in [0.1, 0.15) is 6.04 Å². The molecule has 0 spiro atoms. The molecule has 1 aromatic rings. The number of halogens is 1. The smallest absolute Gasteiger partial charge is 0.242 e. The molecule has 1 rings (SSSR count). The number of nitrogens with zero attached hydrogens (tertiary/aromatic N) is 4. The van der Waals surface area contributed by atoms with Gasteiger partial charge in [-0.05, 0) is 18.5 Å². The lowest BCUT2D eigenvalue weighted by atomic mass is 10.3. The summed E-state index contributed by atoms with van der Waals surface area (Å²) in [6, 6.07) is -0.500. The molecule has 0 aliphatic heterocycles. The topological polar surface area (TPSA) is 92.3 Å². The van der Waals surface area contributed by atoms with Crippen molar-refractivity contribution in [1.29, 1.82) is 0 Å². The molecule has 0 saturated carbocycles. The minimum absolute atomic E-state index is 0.0678. The molecule has 1 amide bonds. The zero-order valence-electron chi connectivity index (χ0n) is 12.0. The normalized spacial score (nSPS) is 11.8. The van der Waals surface area contributed by atoms with Crippen molar-refractivity contribution in [1.82, 2.24) is 20.3 Å². The highest BCUT2D eigenvalue weighted by Gasteiger charge is 2.15. The SMILES string of the molecule is COCCNC(=O)C(C)Nc1nc(Cl)nc(N(C)C)n1. The van der Waals surface area contributed by atoms with Gasteiger partial charge in [-0.25, -0.2) is 0 Å². The van der Waals surface area contributed by atoms with E-state index >= 15 is 0 Å². The lowest BCUT2D eigenvalue weighted by Gasteiger charge is -2.15. The van der Waals surface area contributed by atoms with Crippen molar-refractivity contribution in [3.63, 3.8) is 0 Å². The van der Waals surface area contributed by atoms with Gasteiger partial charge in [-0.2, -0.15) is 15.0 Å². The van der Waals surface area contributed by atoms with Crippen molar-refractivity contribution >= 4 is 29.4 Å². The molecule has 8 nitrogen and oxygen atoms in total. The predicted octanol–water partition coefficient (Wildman–Crippen LogP) is 0.154. The fraction of sp³-hybridized carbons (Fsp3) is 0.636. The minimum atomic E-state index is -0.500. The maximum absolute atomic E-state index is 11.8. The quantitative estimate of drug-likeness (QED) is 0.693. The minimum Gasteiger partial charge on any atom is -0.383 e. The summed E-state index contributed by atoms with van der Waals surface area (Å²) in [5.41, 5.74) is 0. The van der Waals surface area contributed by atoms with Crippen molar-refractivity contribution in [2.24, 2.45) is 0 Å². The maximum Gasteiger partial charge on any atom is 0.242 e. The molecule has 1 heterocycles. The highest BCUT2D eigenvalue weighted by atomic mass is 35.5. The lowest BCUT2D eigenvalue weighted by molar-refractivity contribution is -0.121. The zero-order chi connectivity index (χ0) is 15.1. The summed E-state index contributed by atoms with van der Waals surface area (Å²) < 4.78 is 4.86. The van der Waals surface area contributed by atoms with E-state index in [1.54, 1.807) is 33.0 Å². The summed E-state index contributed by atoms with van der Waals surface area (Å²) in [7, 11) is 5.15. The molecule has 0 aliphatic rings. The van der Waals surface area contributed by atoms with Crippen LogP contribution in [0.5, 0.6) is 0 Å². The molecule has 9 heteroatoms. The van der Waals surface area contributed by atoms with E-state index in [0.29, 0.717) is 19.1 Å². The number of rotatable bonds is 7. The number of hydrogen-bond donors (Lipinski definition) is 2. The van der Waals surface area contributed by atoms with Gasteiger partial charge in [-0.15, -0.1) is 0 Å². The molecule has 0 aliphatic carbocycles. The Hall–Kier alpha value is -1.67. The van der Waals surface area contributed by atoms with Crippen LogP contribution in [0.2, 0.25) is 5.28 Å². The molecule has 1 unspecified atom stereocenters. The number of anilines is 2. The Morgan fingerprint density at radius 1 is 1.40 bits per heavy atom. The first kappa shape index (κ1) is 16.4. The Morgan fingerprint density at radius 2 is 2.10 bits per heavy atom. The second-order valence-electron chi connectivity index (χ2n) is 4.27. The summed E-state index contributed by atoms with van der Waals surface area (Å²) in [4.78, 5) is 25.5. The fourth-order valence-electron chi connectivity index (χ4n) is 1.29. The molecule has 0 bridgehead atoms. The van der Waals surface area contributed by atoms with Crippen LogP contribution in [0, 0.1) is 0 Å². The van der Waals surface area contributed by atoms with Gasteiger partial charge in [-0.3, -0.25) is 4.79 Å². The molecule has 0 saturated heterocycles. The van der Waals surface area contributed by atoms with Crippen molar-refractivity contribution in [3.8, 4) is 0 Å². The van der Waals surface area contributed by atoms with Crippen molar-refractivity contribution in [2.45, 2.75) is 13.0 Å². The summed E-state index contributed by atoms with van der Waals surface area (Å²) in [5.74, 6) is 0.493. The maximum atomic E-state index is 11.8. The molecule has 112 valence electrons. The third-order valence-electron chi connectivity index (χ3n) is 2.34. The van der Waals surface area contributed by atoms with Gasteiger partial charge in [0.05, 0.1) is 6.61 Å². The third-order valence-corrected chi connectivity index (χ3v) is 2.51. The van der Waals surface area contributed by atoms with Gasteiger partial charge in [0.2, 0.25) is 23.1 Å². The number of ether oxygens (including phenoxy) is 1. The molecule has 0 aromatic carbocycles. The van der Waals surface area contributed by atoms with Gasteiger partial charge in [0.15, 0.2) is 0 Å². The number of nitrogens with one attached hydrogen (secondary N) is 2. The van der Waals surface area contributed by atoms with E-state index in [9.17, 15) is 4.79 Å². The van der Waals surface area contributed by atoms with E-state index in [0.717, 1.165) is 0 Å². The highest BCUT2D eigenvalue weighted by Crippen LogP contribution is 2.12. The van der Waals surface area contributed by atoms with Crippen LogP contribution in [0.4, 0.5) is 11.9 Å². The van der Waals surface area contributed by atoms with E-state index < -0.39 is 6.04 Å². The van der Waals surface area contributed by atoms with Crippen LogP contribution < -0.4 is 15.5 Å². The standard InChI is InChI=1S/C11H19ClN6O2/c1-7(8(19)13-5-6-20-4)14-10-15-9(12)16-11(17-10)18(2)3/h7H,5-6H2,1-4H3,(H,13,19)(H,14,15,16,17). The molecular formula is C11H19ClN6O2. The molecule has 20 heavy (non-hydrogen) atoms. The first-order valence-corrected chi connectivity index (χ1v) is 6.44. The Balaban J connectivity index is 2.65. The highest BCUT2D eigenvalue weighted by molar-refractivity contribution is 6.28. The second kappa shape index (κ2) is 7.81. The molecule has 1 atom stereocenters. The number of aromatic nitrogens is 3. The van der Waals surface area contributed by atoms with Crippen LogP contribution in [-0.4, -0.2) is 61.3 Å². The van der Waals surface area contributed by atoms with Gasteiger partial charge in [-0.1, -0.05) is 0 Å². The average Bonchev–Trinajstić information content (AvgIpc) is 2.38. The zero-order valence-corrected chi connectivity index (χ0v) is 12.7. The molecule has 0 fully saturated rings. The Bertz CT molecular complexity index is 457.